The lowest BCUT2D eigenvalue weighted by atomic mass is 10.4. The van der Waals surface area contributed by atoms with Crippen molar-refractivity contribution in [3.05, 3.63) is 17.4 Å². The largest absolute Gasteiger partial charge is 0.495 e. The molecule has 0 atom stereocenters. The van der Waals surface area contributed by atoms with E-state index < -0.39 is 0 Å². The van der Waals surface area contributed by atoms with Crippen molar-refractivity contribution in [2.75, 3.05) is 19.5 Å². The van der Waals surface area contributed by atoms with Crippen LogP contribution in [0.2, 0.25) is 5.15 Å². The number of methoxy groups -OCH3 is 1. The van der Waals surface area contributed by atoms with E-state index in [-0.39, 0.29) is 0 Å². The summed E-state index contributed by atoms with van der Waals surface area (Å²) >= 11 is 5.72. The zero-order valence-electron chi connectivity index (χ0n) is 6.39. The van der Waals surface area contributed by atoms with Gasteiger partial charge in [-0.15, -0.1) is 0 Å². The molecule has 1 aromatic rings. The average molecular weight is 173 g/mol. The van der Waals surface area contributed by atoms with Gasteiger partial charge in [-0.1, -0.05) is 11.6 Å². The summed E-state index contributed by atoms with van der Waals surface area (Å²) in [5.74, 6) is 0.693. The molecule has 1 rings (SSSR count). The van der Waals surface area contributed by atoms with E-state index in [2.05, 4.69) is 10.3 Å². The number of anilines is 1. The zero-order chi connectivity index (χ0) is 8.27. The molecule has 0 saturated carbocycles. The number of halogens is 1. The monoisotopic (exact) mass is 172 g/mol. The van der Waals surface area contributed by atoms with Gasteiger partial charge in [-0.05, 0) is 0 Å². The predicted molar refractivity (Wildman–Crippen MR) is 45.3 cm³/mol. The van der Waals surface area contributed by atoms with Crippen molar-refractivity contribution in [3.8, 4) is 5.75 Å². The van der Waals surface area contributed by atoms with Crippen LogP contribution in [0, 0.1) is 0 Å². The van der Waals surface area contributed by atoms with Gasteiger partial charge >= 0.3 is 0 Å². The highest BCUT2D eigenvalue weighted by Crippen LogP contribution is 2.22. The first-order valence-corrected chi connectivity index (χ1v) is 3.53. The van der Waals surface area contributed by atoms with Crippen LogP contribution in [0.15, 0.2) is 12.3 Å². The second-order valence-electron chi connectivity index (χ2n) is 1.96. The molecule has 0 aromatic carbocycles. The first-order chi connectivity index (χ1) is 5.27. The molecule has 0 fully saturated rings. The number of hydrogen-bond donors (Lipinski definition) is 1. The minimum absolute atomic E-state index is 0.452. The fraction of sp³-hybridized carbons (Fsp3) is 0.286. The third kappa shape index (κ3) is 1.74. The van der Waals surface area contributed by atoms with Gasteiger partial charge in [-0.25, -0.2) is 4.98 Å². The van der Waals surface area contributed by atoms with E-state index in [1.807, 2.05) is 0 Å². The van der Waals surface area contributed by atoms with Crippen LogP contribution in [0.3, 0.4) is 0 Å². The van der Waals surface area contributed by atoms with Crippen molar-refractivity contribution in [3.63, 3.8) is 0 Å². The number of pyridine rings is 1. The van der Waals surface area contributed by atoms with Crippen LogP contribution in [0.5, 0.6) is 5.75 Å². The molecule has 1 heterocycles. The highest BCUT2D eigenvalue weighted by atomic mass is 35.5. The van der Waals surface area contributed by atoms with E-state index in [4.69, 9.17) is 16.3 Å². The Labute approximate surface area is 70.3 Å². The van der Waals surface area contributed by atoms with Crippen LogP contribution in [-0.4, -0.2) is 19.1 Å². The minimum atomic E-state index is 0.452. The number of rotatable bonds is 2. The molecule has 3 nitrogen and oxygen atoms in total. The van der Waals surface area contributed by atoms with Crippen LogP contribution in [0.4, 0.5) is 5.69 Å². The van der Waals surface area contributed by atoms with E-state index >= 15 is 0 Å². The fourth-order valence-electron chi connectivity index (χ4n) is 0.716. The minimum Gasteiger partial charge on any atom is -0.495 e. The van der Waals surface area contributed by atoms with Gasteiger partial charge in [0.05, 0.1) is 19.0 Å². The Morgan fingerprint density at radius 2 is 2.36 bits per heavy atom. The van der Waals surface area contributed by atoms with Crippen molar-refractivity contribution in [2.24, 2.45) is 0 Å². The summed E-state index contributed by atoms with van der Waals surface area (Å²) in [5.41, 5.74) is 0.769. The quantitative estimate of drug-likeness (QED) is 0.691. The van der Waals surface area contributed by atoms with Crippen molar-refractivity contribution >= 4 is 17.3 Å². The Bertz CT molecular complexity index is 252. The Morgan fingerprint density at radius 3 is 2.91 bits per heavy atom. The van der Waals surface area contributed by atoms with Gasteiger partial charge < -0.3 is 10.1 Å². The molecule has 1 N–H and O–H groups in total. The highest BCUT2D eigenvalue weighted by Gasteiger charge is 2.00. The molecule has 0 amide bonds. The van der Waals surface area contributed by atoms with E-state index in [1.54, 1.807) is 26.4 Å². The van der Waals surface area contributed by atoms with Gasteiger partial charge in [0.2, 0.25) is 0 Å². The third-order valence-electron chi connectivity index (χ3n) is 1.32. The molecule has 0 aliphatic heterocycles. The summed E-state index contributed by atoms with van der Waals surface area (Å²) < 4.78 is 4.95. The summed E-state index contributed by atoms with van der Waals surface area (Å²) in [7, 11) is 3.37. The Balaban J connectivity index is 3.02. The van der Waals surface area contributed by atoms with Gasteiger partial charge in [0, 0.05) is 13.1 Å². The molecule has 0 unspecified atom stereocenters. The van der Waals surface area contributed by atoms with E-state index in [0.29, 0.717) is 10.9 Å². The van der Waals surface area contributed by atoms with Crippen LogP contribution < -0.4 is 10.1 Å². The van der Waals surface area contributed by atoms with Crippen molar-refractivity contribution in [1.29, 1.82) is 0 Å². The Morgan fingerprint density at radius 1 is 1.64 bits per heavy atom. The maximum atomic E-state index is 5.72. The molecule has 0 radical (unpaired) electrons. The van der Waals surface area contributed by atoms with Crippen molar-refractivity contribution in [1.82, 2.24) is 4.98 Å². The van der Waals surface area contributed by atoms with Gasteiger partial charge in [-0.3, -0.25) is 0 Å². The number of nitrogens with one attached hydrogen (secondary N) is 1. The van der Waals surface area contributed by atoms with Crippen molar-refractivity contribution < 1.29 is 4.74 Å². The molecule has 60 valence electrons. The molecule has 4 heteroatoms. The molecule has 0 spiro atoms. The zero-order valence-corrected chi connectivity index (χ0v) is 7.14. The lowest BCUT2D eigenvalue weighted by molar-refractivity contribution is 0.413. The smallest absolute Gasteiger partial charge is 0.152 e. The Kier molecular flexibility index (Phi) is 2.54. The third-order valence-corrected chi connectivity index (χ3v) is 1.62. The molecule has 0 bridgehead atoms. The second kappa shape index (κ2) is 3.44. The molecule has 1 aromatic heterocycles. The van der Waals surface area contributed by atoms with Crippen LogP contribution >= 0.6 is 11.6 Å². The van der Waals surface area contributed by atoms with E-state index in [0.717, 1.165) is 5.69 Å². The summed E-state index contributed by atoms with van der Waals surface area (Å²) in [5, 5.41) is 3.35. The molecular formula is C7H9ClN2O. The van der Waals surface area contributed by atoms with Gasteiger partial charge in [0.15, 0.2) is 5.15 Å². The normalized spacial score (nSPS) is 9.36. The highest BCUT2D eigenvalue weighted by molar-refractivity contribution is 6.31. The summed E-state index contributed by atoms with van der Waals surface area (Å²) in [6, 6.07) is 1.79. The number of hydrogen-bond acceptors (Lipinski definition) is 3. The Hall–Kier alpha value is -0.960. The summed E-state index contributed by atoms with van der Waals surface area (Å²) in [6.07, 6.45) is 1.57. The molecule has 0 aliphatic rings. The first-order valence-electron chi connectivity index (χ1n) is 3.15. The average Bonchev–Trinajstić information content (AvgIpc) is 2.05. The van der Waals surface area contributed by atoms with Crippen LogP contribution in [0.1, 0.15) is 0 Å². The fourth-order valence-corrected chi connectivity index (χ4v) is 0.914. The van der Waals surface area contributed by atoms with Crippen LogP contribution in [-0.2, 0) is 0 Å². The molecule has 11 heavy (non-hydrogen) atoms. The van der Waals surface area contributed by atoms with Gasteiger partial charge in [-0.2, -0.15) is 0 Å². The SMILES string of the molecule is CNc1cc(OC)cnc1Cl. The topological polar surface area (TPSA) is 34.1 Å². The molecular weight excluding hydrogens is 164 g/mol. The first kappa shape index (κ1) is 8.14. The molecule has 0 saturated heterocycles. The predicted octanol–water partition coefficient (Wildman–Crippen LogP) is 1.79. The number of ether oxygens (including phenoxy) is 1. The second-order valence-corrected chi connectivity index (χ2v) is 2.32. The lowest BCUT2D eigenvalue weighted by Crippen LogP contribution is -1.92. The van der Waals surface area contributed by atoms with Crippen LogP contribution in [0.25, 0.3) is 0 Å². The molecule has 0 aliphatic carbocycles. The standard InChI is InChI=1S/C7H9ClN2O/c1-9-6-3-5(11-2)4-10-7(6)8/h3-4,9H,1-2H3. The van der Waals surface area contributed by atoms with Crippen molar-refractivity contribution in [2.45, 2.75) is 0 Å². The van der Waals surface area contributed by atoms with Gasteiger partial charge in [0.25, 0.3) is 0 Å². The lowest BCUT2D eigenvalue weighted by Gasteiger charge is -2.04. The van der Waals surface area contributed by atoms with Gasteiger partial charge in [0.1, 0.15) is 5.75 Å². The summed E-state index contributed by atoms with van der Waals surface area (Å²) in [6.45, 7) is 0. The maximum absolute atomic E-state index is 5.72. The van der Waals surface area contributed by atoms with E-state index in [9.17, 15) is 0 Å². The number of nitrogens with zero attached hydrogens (tertiary/aromatic N) is 1. The van der Waals surface area contributed by atoms with E-state index in [1.165, 1.54) is 0 Å². The maximum Gasteiger partial charge on any atom is 0.152 e. The summed E-state index contributed by atoms with van der Waals surface area (Å²) in [4.78, 5) is 3.90. The number of aromatic nitrogens is 1.